The van der Waals surface area contributed by atoms with Gasteiger partial charge >= 0.3 is 0 Å². The lowest BCUT2D eigenvalue weighted by atomic mass is 9.83. The maximum atomic E-state index is 4.54. The fraction of sp³-hybridized carbons (Fsp3) is 0.615. The minimum atomic E-state index is 0.173. The minimum absolute atomic E-state index is 0.173. The molecule has 0 saturated heterocycles. The van der Waals surface area contributed by atoms with Gasteiger partial charge in [-0.15, -0.1) is 11.8 Å². The molecule has 1 nitrogen and oxygen atoms in total. The van der Waals surface area contributed by atoms with Gasteiger partial charge in [0.05, 0.1) is 0 Å². The van der Waals surface area contributed by atoms with Crippen LogP contribution >= 0.6 is 11.8 Å². The number of rotatable bonds is 2. The molecule has 0 saturated carbocycles. The molecular weight excluding hydrogens is 202 g/mol. The van der Waals surface area contributed by atoms with E-state index in [9.17, 15) is 0 Å². The lowest BCUT2D eigenvalue weighted by Gasteiger charge is -2.26. The number of aromatic nitrogens is 1. The van der Waals surface area contributed by atoms with E-state index in [-0.39, 0.29) is 5.41 Å². The first kappa shape index (κ1) is 12.6. The topological polar surface area (TPSA) is 12.9 Å². The SMILES string of the molecule is CSc1ccnc(C(C)C)c1C(C)(C)C. The number of hydrogen-bond acceptors (Lipinski definition) is 2. The number of thioether (sulfide) groups is 1. The van der Waals surface area contributed by atoms with Gasteiger partial charge in [0.1, 0.15) is 0 Å². The molecule has 2 heteroatoms. The monoisotopic (exact) mass is 223 g/mol. The van der Waals surface area contributed by atoms with E-state index in [1.54, 1.807) is 0 Å². The van der Waals surface area contributed by atoms with Crippen molar-refractivity contribution in [3.8, 4) is 0 Å². The van der Waals surface area contributed by atoms with Crippen molar-refractivity contribution in [1.29, 1.82) is 0 Å². The van der Waals surface area contributed by atoms with Crippen molar-refractivity contribution < 1.29 is 0 Å². The van der Waals surface area contributed by atoms with Crippen LogP contribution in [0, 0.1) is 0 Å². The second-order valence-corrected chi connectivity index (χ2v) is 6.03. The van der Waals surface area contributed by atoms with Crippen LogP contribution in [0.2, 0.25) is 0 Å². The molecular formula is C13H21NS. The maximum absolute atomic E-state index is 4.54. The molecule has 0 aromatic carbocycles. The fourth-order valence-corrected chi connectivity index (χ4v) is 2.63. The van der Waals surface area contributed by atoms with Gasteiger partial charge in [-0.25, -0.2) is 0 Å². The van der Waals surface area contributed by atoms with Crippen LogP contribution < -0.4 is 0 Å². The van der Waals surface area contributed by atoms with Crippen molar-refractivity contribution >= 4 is 11.8 Å². The summed E-state index contributed by atoms with van der Waals surface area (Å²) in [6, 6.07) is 2.12. The molecule has 0 N–H and O–H groups in total. The van der Waals surface area contributed by atoms with E-state index in [1.165, 1.54) is 16.2 Å². The Morgan fingerprint density at radius 2 is 1.87 bits per heavy atom. The Balaban J connectivity index is 3.41. The van der Waals surface area contributed by atoms with Crippen LogP contribution in [-0.2, 0) is 5.41 Å². The summed E-state index contributed by atoms with van der Waals surface area (Å²) in [6.45, 7) is 11.2. The summed E-state index contributed by atoms with van der Waals surface area (Å²) >= 11 is 1.81. The summed E-state index contributed by atoms with van der Waals surface area (Å²) in [7, 11) is 0. The van der Waals surface area contributed by atoms with Crippen molar-refractivity contribution in [2.75, 3.05) is 6.26 Å². The number of hydrogen-bond donors (Lipinski definition) is 0. The van der Waals surface area contributed by atoms with Crippen LogP contribution in [0.1, 0.15) is 51.8 Å². The Morgan fingerprint density at radius 3 is 2.27 bits per heavy atom. The van der Waals surface area contributed by atoms with Crippen LogP contribution in [0.4, 0.5) is 0 Å². The molecule has 0 spiro atoms. The highest BCUT2D eigenvalue weighted by molar-refractivity contribution is 7.98. The number of pyridine rings is 1. The Kier molecular flexibility index (Phi) is 3.82. The van der Waals surface area contributed by atoms with Gasteiger partial charge in [-0.2, -0.15) is 0 Å². The fourth-order valence-electron chi connectivity index (χ4n) is 1.82. The van der Waals surface area contributed by atoms with Crippen molar-refractivity contribution in [3.63, 3.8) is 0 Å². The highest BCUT2D eigenvalue weighted by Crippen LogP contribution is 2.35. The van der Waals surface area contributed by atoms with Gasteiger partial charge in [-0.1, -0.05) is 34.6 Å². The highest BCUT2D eigenvalue weighted by atomic mass is 32.2. The molecule has 0 amide bonds. The van der Waals surface area contributed by atoms with E-state index in [1.807, 2.05) is 18.0 Å². The first-order valence-corrected chi connectivity index (χ1v) is 6.63. The molecule has 1 aromatic heterocycles. The second-order valence-electron chi connectivity index (χ2n) is 5.18. The zero-order chi connectivity index (χ0) is 11.6. The predicted molar refractivity (Wildman–Crippen MR) is 68.8 cm³/mol. The largest absolute Gasteiger partial charge is 0.261 e. The van der Waals surface area contributed by atoms with Crippen molar-refractivity contribution in [3.05, 3.63) is 23.5 Å². The molecule has 0 atom stereocenters. The summed E-state index contributed by atoms with van der Waals surface area (Å²) in [5.41, 5.74) is 2.83. The Bertz CT molecular complexity index is 337. The van der Waals surface area contributed by atoms with Crippen LogP contribution in [0.5, 0.6) is 0 Å². The van der Waals surface area contributed by atoms with E-state index in [0.717, 1.165) is 0 Å². The van der Waals surface area contributed by atoms with Crippen LogP contribution in [0.3, 0.4) is 0 Å². The summed E-state index contributed by atoms with van der Waals surface area (Å²) in [5, 5.41) is 0. The van der Waals surface area contributed by atoms with Crippen LogP contribution in [-0.4, -0.2) is 11.2 Å². The first-order chi connectivity index (χ1) is 6.88. The third kappa shape index (κ3) is 2.75. The molecule has 0 bridgehead atoms. The zero-order valence-corrected chi connectivity index (χ0v) is 11.4. The van der Waals surface area contributed by atoms with Gasteiger partial charge in [0.2, 0.25) is 0 Å². The molecule has 0 aliphatic rings. The average molecular weight is 223 g/mol. The minimum Gasteiger partial charge on any atom is -0.261 e. The van der Waals surface area contributed by atoms with Crippen LogP contribution in [0.15, 0.2) is 17.2 Å². The summed E-state index contributed by atoms with van der Waals surface area (Å²) < 4.78 is 0. The molecule has 0 aliphatic heterocycles. The van der Waals surface area contributed by atoms with Gasteiger partial charge in [0.25, 0.3) is 0 Å². The maximum Gasteiger partial charge on any atom is 0.0477 e. The molecule has 0 aliphatic carbocycles. The molecule has 0 radical (unpaired) electrons. The summed E-state index contributed by atoms with van der Waals surface area (Å²) in [6.07, 6.45) is 4.06. The third-order valence-corrected chi connectivity index (χ3v) is 3.24. The van der Waals surface area contributed by atoms with Crippen LogP contribution in [0.25, 0.3) is 0 Å². The lowest BCUT2D eigenvalue weighted by Crippen LogP contribution is -2.17. The summed E-state index contributed by atoms with van der Waals surface area (Å²) in [5.74, 6) is 0.492. The zero-order valence-electron chi connectivity index (χ0n) is 10.6. The van der Waals surface area contributed by atoms with Gasteiger partial charge in [0, 0.05) is 16.8 Å². The van der Waals surface area contributed by atoms with Crippen molar-refractivity contribution in [2.24, 2.45) is 0 Å². The van der Waals surface area contributed by atoms with E-state index >= 15 is 0 Å². The van der Waals surface area contributed by atoms with Crippen molar-refractivity contribution in [2.45, 2.75) is 50.8 Å². The normalized spacial score (nSPS) is 12.2. The molecule has 15 heavy (non-hydrogen) atoms. The van der Waals surface area contributed by atoms with E-state index < -0.39 is 0 Å². The van der Waals surface area contributed by atoms with Gasteiger partial charge in [0.15, 0.2) is 0 Å². The molecule has 0 fully saturated rings. The average Bonchev–Trinajstić information content (AvgIpc) is 2.15. The number of nitrogens with zero attached hydrogens (tertiary/aromatic N) is 1. The predicted octanol–water partition coefficient (Wildman–Crippen LogP) is 4.22. The lowest BCUT2D eigenvalue weighted by molar-refractivity contribution is 0.557. The molecule has 0 unspecified atom stereocenters. The Hall–Kier alpha value is -0.500. The van der Waals surface area contributed by atoms with E-state index in [4.69, 9.17) is 0 Å². The van der Waals surface area contributed by atoms with Gasteiger partial charge in [-0.3, -0.25) is 4.98 Å². The second kappa shape index (κ2) is 4.56. The quantitative estimate of drug-likeness (QED) is 0.696. The van der Waals surface area contributed by atoms with Crippen molar-refractivity contribution in [1.82, 2.24) is 4.98 Å². The molecule has 84 valence electrons. The summed E-state index contributed by atoms with van der Waals surface area (Å²) in [4.78, 5) is 5.90. The standard InChI is InChI=1S/C13H21NS/c1-9(2)12-11(13(3,4)5)10(15-6)7-8-14-12/h7-9H,1-6H3. The highest BCUT2D eigenvalue weighted by Gasteiger charge is 2.23. The van der Waals surface area contributed by atoms with Gasteiger partial charge in [-0.05, 0) is 29.2 Å². The first-order valence-electron chi connectivity index (χ1n) is 5.41. The third-order valence-electron chi connectivity index (χ3n) is 2.46. The molecule has 1 aromatic rings. The van der Waals surface area contributed by atoms with Gasteiger partial charge < -0.3 is 0 Å². The van der Waals surface area contributed by atoms with E-state index in [0.29, 0.717) is 5.92 Å². The van der Waals surface area contributed by atoms with E-state index in [2.05, 4.69) is 51.9 Å². The Morgan fingerprint density at radius 1 is 1.27 bits per heavy atom. The molecule has 1 heterocycles. The Labute approximate surface area is 97.7 Å². The smallest absolute Gasteiger partial charge is 0.0477 e. The molecule has 1 rings (SSSR count).